The van der Waals surface area contributed by atoms with Gasteiger partial charge in [0.1, 0.15) is 17.8 Å². The zero-order valence-corrected chi connectivity index (χ0v) is 13.6. The number of nitrogens with zero attached hydrogens (tertiary/aromatic N) is 3. The molecule has 0 saturated heterocycles. The lowest BCUT2D eigenvalue weighted by Gasteiger charge is -2.18. The molecule has 1 amide bonds. The summed E-state index contributed by atoms with van der Waals surface area (Å²) in [5, 5.41) is 2.88. The Morgan fingerprint density at radius 1 is 1.00 bits per heavy atom. The molecule has 0 radical (unpaired) electrons. The van der Waals surface area contributed by atoms with E-state index in [4.69, 9.17) is 0 Å². The normalized spacial score (nSPS) is 10.2. The summed E-state index contributed by atoms with van der Waals surface area (Å²) in [6.45, 7) is 1.95. The van der Waals surface area contributed by atoms with E-state index in [9.17, 15) is 4.79 Å². The molecular weight excluding hydrogens is 300 g/mol. The van der Waals surface area contributed by atoms with Crippen LogP contribution in [0.15, 0.2) is 67.0 Å². The van der Waals surface area contributed by atoms with Crippen LogP contribution in [0.25, 0.3) is 0 Å². The van der Waals surface area contributed by atoms with E-state index in [2.05, 4.69) is 15.3 Å². The van der Waals surface area contributed by atoms with E-state index in [-0.39, 0.29) is 5.91 Å². The molecule has 5 heteroatoms. The first-order valence-corrected chi connectivity index (χ1v) is 7.63. The molecule has 0 aliphatic rings. The van der Waals surface area contributed by atoms with Crippen LogP contribution in [0.3, 0.4) is 0 Å². The van der Waals surface area contributed by atoms with Crippen LogP contribution in [-0.4, -0.2) is 22.9 Å². The van der Waals surface area contributed by atoms with Gasteiger partial charge in [0.05, 0.1) is 0 Å². The second kappa shape index (κ2) is 6.91. The largest absolute Gasteiger partial charge is 0.329 e. The minimum Gasteiger partial charge on any atom is -0.329 e. The second-order valence-electron chi connectivity index (χ2n) is 5.43. The molecule has 120 valence electrons. The first-order valence-electron chi connectivity index (χ1n) is 7.63. The summed E-state index contributed by atoms with van der Waals surface area (Å²) in [5.41, 5.74) is 3.09. The Labute approximate surface area is 141 Å². The van der Waals surface area contributed by atoms with E-state index in [1.165, 1.54) is 6.33 Å². The SMILES string of the molecule is Cc1ccccc1NC(=O)c1cc(N(C)c2ccccc2)ncn1. The Morgan fingerprint density at radius 3 is 2.46 bits per heavy atom. The number of amides is 1. The third-order valence-corrected chi connectivity index (χ3v) is 3.77. The van der Waals surface area contributed by atoms with Crippen molar-refractivity contribution in [1.82, 2.24) is 9.97 Å². The molecule has 24 heavy (non-hydrogen) atoms. The molecule has 1 aromatic heterocycles. The van der Waals surface area contributed by atoms with Gasteiger partial charge in [-0.1, -0.05) is 36.4 Å². The van der Waals surface area contributed by atoms with Crippen molar-refractivity contribution in [2.24, 2.45) is 0 Å². The van der Waals surface area contributed by atoms with Crippen molar-refractivity contribution >= 4 is 23.1 Å². The number of rotatable bonds is 4. The fourth-order valence-electron chi connectivity index (χ4n) is 2.34. The molecule has 0 aliphatic heterocycles. The summed E-state index contributed by atoms with van der Waals surface area (Å²) in [6, 6.07) is 19.1. The molecule has 0 spiro atoms. The highest BCUT2D eigenvalue weighted by Gasteiger charge is 2.12. The molecule has 1 heterocycles. The van der Waals surface area contributed by atoms with Crippen LogP contribution < -0.4 is 10.2 Å². The highest BCUT2D eigenvalue weighted by molar-refractivity contribution is 6.03. The van der Waals surface area contributed by atoms with Gasteiger partial charge in [0.2, 0.25) is 0 Å². The van der Waals surface area contributed by atoms with Gasteiger partial charge >= 0.3 is 0 Å². The molecule has 1 N–H and O–H groups in total. The highest BCUT2D eigenvalue weighted by atomic mass is 16.1. The minimum atomic E-state index is -0.255. The fraction of sp³-hybridized carbons (Fsp3) is 0.105. The Bertz CT molecular complexity index is 849. The van der Waals surface area contributed by atoms with Crippen molar-refractivity contribution in [3.05, 3.63) is 78.2 Å². The van der Waals surface area contributed by atoms with Crippen LogP contribution in [0.5, 0.6) is 0 Å². The van der Waals surface area contributed by atoms with Gasteiger partial charge in [-0.3, -0.25) is 4.79 Å². The Balaban J connectivity index is 1.83. The third kappa shape index (κ3) is 3.41. The molecule has 0 bridgehead atoms. The Morgan fingerprint density at radius 2 is 1.71 bits per heavy atom. The van der Waals surface area contributed by atoms with Crippen molar-refractivity contribution in [2.45, 2.75) is 6.92 Å². The first-order chi connectivity index (χ1) is 11.6. The zero-order chi connectivity index (χ0) is 16.9. The summed E-state index contributed by atoms with van der Waals surface area (Å²) >= 11 is 0. The molecule has 2 aromatic carbocycles. The molecule has 0 fully saturated rings. The van der Waals surface area contributed by atoms with Gasteiger partial charge in [0.15, 0.2) is 0 Å². The van der Waals surface area contributed by atoms with Crippen LogP contribution in [-0.2, 0) is 0 Å². The van der Waals surface area contributed by atoms with Crippen LogP contribution in [0.1, 0.15) is 16.1 Å². The number of hydrogen-bond acceptors (Lipinski definition) is 4. The number of hydrogen-bond donors (Lipinski definition) is 1. The summed E-state index contributed by atoms with van der Waals surface area (Å²) in [7, 11) is 1.90. The quantitative estimate of drug-likeness (QED) is 0.795. The lowest BCUT2D eigenvalue weighted by Crippen LogP contribution is -2.17. The number of carbonyl (C=O) groups excluding carboxylic acids is 1. The molecule has 0 unspecified atom stereocenters. The predicted octanol–water partition coefficient (Wildman–Crippen LogP) is 3.81. The van der Waals surface area contributed by atoms with E-state index >= 15 is 0 Å². The summed E-state index contributed by atoms with van der Waals surface area (Å²) in [6.07, 6.45) is 1.40. The van der Waals surface area contributed by atoms with Crippen LogP contribution in [0.2, 0.25) is 0 Å². The predicted molar refractivity (Wildman–Crippen MR) is 95.7 cm³/mol. The number of carbonyl (C=O) groups is 1. The van der Waals surface area contributed by atoms with E-state index < -0.39 is 0 Å². The number of benzene rings is 2. The molecule has 3 rings (SSSR count). The van der Waals surface area contributed by atoms with Gasteiger partial charge in [-0.15, -0.1) is 0 Å². The zero-order valence-electron chi connectivity index (χ0n) is 13.6. The number of nitrogens with one attached hydrogen (secondary N) is 1. The third-order valence-electron chi connectivity index (χ3n) is 3.77. The maximum atomic E-state index is 12.5. The van der Waals surface area contributed by atoms with Crippen LogP contribution in [0.4, 0.5) is 17.2 Å². The van der Waals surface area contributed by atoms with Crippen molar-refractivity contribution in [2.75, 3.05) is 17.3 Å². The number of anilines is 3. The van der Waals surface area contributed by atoms with Gasteiger partial charge in [0.25, 0.3) is 5.91 Å². The first kappa shape index (κ1) is 15.7. The van der Waals surface area contributed by atoms with Gasteiger partial charge in [-0.2, -0.15) is 0 Å². The van der Waals surface area contributed by atoms with Crippen LogP contribution in [0, 0.1) is 6.92 Å². The summed E-state index contributed by atoms with van der Waals surface area (Å²) < 4.78 is 0. The molecule has 0 saturated carbocycles. The average Bonchev–Trinajstić information content (AvgIpc) is 2.64. The minimum absolute atomic E-state index is 0.255. The Hall–Kier alpha value is -3.21. The number of aromatic nitrogens is 2. The maximum Gasteiger partial charge on any atom is 0.274 e. The summed E-state index contributed by atoms with van der Waals surface area (Å²) in [5.74, 6) is 0.403. The Kier molecular flexibility index (Phi) is 4.52. The lowest BCUT2D eigenvalue weighted by molar-refractivity contribution is 0.102. The van der Waals surface area contributed by atoms with E-state index in [0.29, 0.717) is 11.5 Å². The van der Waals surface area contributed by atoms with Gasteiger partial charge in [-0.05, 0) is 30.7 Å². The molecule has 0 atom stereocenters. The fourth-order valence-corrected chi connectivity index (χ4v) is 2.34. The van der Waals surface area contributed by atoms with Gasteiger partial charge in [-0.25, -0.2) is 9.97 Å². The van der Waals surface area contributed by atoms with Gasteiger partial charge in [0, 0.05) is 24.5 Å². The van der Waals surface area contributed by atoms with Crippen molar-refractivity contribution < 1.29 is 4.79 Å². The molecule has 5 nitrogen and oxygen atoms in total. The summed E-state index contributed by atoms with van der Waals surface area (Å²) in [4.78, 5) is 22.7. The van der Waals surface area contributed by atoms with Gasteiger partial charge < -0.3 is 10.2 Å². The van der Waals surface area contributed by atoms with Crippen LogP contribution >= 0.6 is 0 Å². The average molecular weight is 318 g/mol. The standard InChI is InChI=1S/C19H18N4O/c1-14-8-6-7-11-16(14)22-19(24)17-12-18(21-13-20-17)23(2)15-9-4-3-5-10-15/h3-13H,1-2H3,(H,22,24). The second-order valence-corrected chi connectivity index (χ2v) is 5.43. The van der Waals surface area contributed by atoms with Crippen molar-refractivity contribution in [3.63, 3.8) is 0 Å². The molecular formula is C19H18N4O. The number of aryl methyl sites for hydroxylation is 1. The highest BCUT2D eigenvalue weighted by Crippen LogP contribution is 2.21. The van der Waals surface area contributed by atoms with E-state index in [1.807, 2.05) is 73.5 Å². The molecule has 3 aromatic rings. The van der Waals surface area contributed by atoms with E-state index in [1.54, 1.807) is 6.07 Å². The maximum absolute atomic E-state index is 12.5. The van der Waals surface area contributed by atoms with E-state index in [0.717, 1.165) is 16.9 Å². The topological polar surface area (TPSA) is 58.1 Å². The monoisotopic (exact) mass is 318 g/mol. The van der Waals surface area contributed by atoms with Crippen molar-refractivity contribution in [3.8, 4) is 0 Å². The van der Waals surface area contributed by atoms with Crippen molar-refractivity contribution in [1.29, 1.82) is 0 Å². The molecule has 0 aliphatic carbocycles. The number of para-hydroxylation sites is 2. The lowest BCUT2D eigenvalue weighted by atomic mass is 10.2. The smallest absolute Gasteiger partial charge is 0.274 e.